The van der Waals surface area contributed by atoms with Gasteiger partial charge in [-0.1, -0.05) is 6.07 Å². The maximum Gasteiger partial charge on any atom is 0.393 e. The van der Waals surface area contributed by atoms with Gasteiger partial charge >= 0.3 is 6.18 Å². The molecule has 1 unspecified atom stereocenters. The first-order valence-corrected chi connectivity index (χ1v) is 19.2. The number of alkyl halides is 3. The smallest absolute Gasteiger partial charge is 0.367 e. The summed E-state index contributed by atoms with van der Waals surface area (Å²) in [5, 5.41) is 15.3. The molecule has 2 fully saturated rings. The van der Waals surface area contributed by atoms with Gasteiger partial charge in [0.15, 0.2) is 0 Å². The summed E-state index contributed by atoms with van der Waals surface area (Å²) in [4.78, 5) is 14.0. The van der Waals surface area contributed by atoms with Crippen LogP contribution in [-0.2, 0) is 29.7 Å². The topological polar surface area (TPSA) is 122 Å². The average Bonchev–Trinajstić information content (AvgIpc) is 3.63. The fraction of sp³-hybridized carbons (Fsp3) is 0.559. The van der Waals surface area contributed by atoms with Gasteiger partial charge < -0.3 is 9.88 Å². The number of rotatable bonds is 10. The van der Waals surface area contributed by atoms with Crippen molar-refractivity contribution in [1.29, 1.82) is 5.26 Å². The lowest BCUT2D eigenvalue weighted by atomic mass is 10.0. The molecular formula is C34H44F3N9O2S2. The first-order chi connectivity index (χ1) is 23.7. The number of likely N-dealkylation sites (tertiary alicyclic amines) is 1. The van der Waals surface area contributed by atoms with Crippen LogP contribution < -0.4 is 10.0 Å². The van der Waals surface area contributed by atoms with Crippen LogP contribution >= 0.6 is 11.3 Å². The fourth-order valence-electron chi connectivity index (χ4n) is 7.62. The van der Waals surface area contributed by atoms with Crippen molar-refractivity contribution in [3.8, 4) is 6.07 Å². The summed E-state index contributed by atoms with van der Waals surface area (Å²) < 4.78 is 70.2. The van der Waals surface area contributed by atoms with Crippen molar-refractivity contribution in [3.05, 3.63) is 52.3 Å². The Bertz CT molecular complexity index is 1990. The molecule has 2 aliphatic heterocycles. The van der Waals surface area contributed by atoms with Crippen LogP contribution in [0.25, 0.3) is 21.1 Å². The molecule has 0 bridgehead atoms. The summed E-state index contributed by atoms with van der Waals surface area (Å²) >= 11 is 1.06. The van der Waals surface area contributed by atoms with Gasteiger partial charge in [0.1, 0.15) is 28.7 Å². The quantitative estimate of drug-likeness (QED) is 0.227. The molecule has 50 heavy (non-hydrogen) atoms. The molecular weight excluding hydrogens is 688 g/mol. The molecule has 0 amide bonds. The predicted octanol–water partition coefficient (Wildman–Crippen LogP) is 5.25. The van der Waals surface area contributed by atoms with Crippen molar-refractivity contribution >= 4 is 48.5 Å². The molecule has 0 aliphatic carbocycles. The van der Waals surface area contributed by atoms with Crippen molar-refractivity contribution in [2.75, 3.05) is 38.5 Å². The third-order valence-corrected chi connectivity index (χ3v) is 13.0. The number of aromatic nitrogens is 3. The Balaban J connectivity index is 1.10. The minimum absolute atomic E-state index is 0.0806. The van der Waals surface area contributed by atoms with Crippen molar-refractivity contribution < 1.29 is 21.6 Å². The van der Waals surface area contributed by atoms with Crippen molar-refractivity contribution in [3.63, 3.8) is 0 Å². The highest BCUT2D eigenvalue weighted by Gasteiger charge is 2.38. The van der Waals surface area contributed by atoms with Crippen molar-refractivity contribution in [1.82, 2.24) is 33.4 Å². The summed E-state index contributed by atoms with van der Waals surface area (Å²) in [6.07, 6.45) is -2.10. The summed E-state index contributed by atoms with van der Waals surface area (Å²) in [7, 11) is -2.10. The Morgan fingerprint density at radius 3 is 2.44 bits per heavy atom. The highest BCUT2D eigenvalue weighted by atomic mass is 32.2. The number of piperazine rings is 1. The van der Waals surface area contributed by atoms with E-state index >= 15 is 0 Å². The second-order valence-electron chi connectivity index (χ2n) is 13.7. The summed E-state index contributed by atoms with van der Waals surface area (Å²) in [6, 6.07) is 10.0. The first-order valence-electron chi connectivity index (χ1n) is 16.9. The maximum atomic E-state index is 13.0. The minimum atomic E-state index is -4.27. The zero-order valence-corrected chi connectivity index (χ0v) is 30.6. The van der Waals surface area contributed by atoms with Crippen LogP contribution in [0.15, 0.2) is 30.6 Å². The number of hydrogen-bond acceptors (Lipinski definition) is 9. The van der Waals surface area contributed by atoms with E-state index in [0.717, 1.165) is 60.3 Å². The second kappa shape index (κ2) is 14.4. The number of aryl methyl sites for hydroxylation is 1. The number of anilines is 1. The van der Waals surface area contributed by atoms with E-state index < -0.39 is 22.8 Å². The van der Waals surface area contributed by atoms with Gasteiger partial charge in [0, 0.05) is 86.3 Å². The monoisotopic (exact) mass is 731 g/mol. The van der Waals surface area contributed by atoms with Gasteiger partial charge in [0.05, 0.1) is 11.8 Å². The lowest BCUT2D eigenvalue weighted by Crippen LogP contribution is -2.62. The Morgan fingerprint density at radius 2 is 1.80 bits per heavy atom. The summed E-state index contributed by atoms with van der Waals surface area (Å²) in [6.45, 7) is 12.4. The van der Waals surface area contributed by atoms with Crippen LogP contribution in [0.5, 0.6) is 0 Å². The van der Waals surface area contributed by atoms with Crippen molar-refractivity contribution in [2.45, 2.75) is 90.4 Å². The fourth-order valence-corrected chi connectivity index (χ4v) is 9.94. The van der Waals surface area contributed by atoms with E-state index in [0.29, 0.717) is 41.4 Å². The summed E-state index contributed by atoms with van der Waals surface area (Å²) in [5.41, 5.74) is 3.97. The number of fused-ring (bicyclic) bond motifs is 2. The van der Waals surface area contributed by atoms with E-state index in [1.165, 1.54) is 18.9 Å². The molecule has 0 radical (unpaired) electrons. The lowest BCUT2D eigenvalue weighted by Gasteiger charge is -2.45. The Hall–Kier alpha value is -3.33. The average molecular weight is 732 g/mol. The molecule has 2 aliphatic rings. The van der Waals surface area contributed by atoms with E-state index in [2.05, 4.69) is 66.4 Å². The molecule has 2 N–H and O–H groups in total. The van der Waals surface area contributed by atoms with Crippen LogP contribution in [-0.4, -0.2) is 101 Å². The molecule has 3 atom stereocenters. The number of hydrogen-bond donors (Lipinski definition) is 2. The van der Waals surface area contributed by atoms with Gasteiger partial charge in [-0.05, 0) is 69.9 Å². The standard InChI is InChI=1S/C34H44F3N9O2S2/c1-21(44-16-22(2)46(23(3)17-44)50(47,48)39-5)18-45-27(15-38)12-29-24(4)25(6-7-31(29)45)19-43-10-8-26(9-11-43)42-32-30-13-28(14-34(35,36)37)49-33(30)41-20-40-32/h6-7,12-13,20-23,26,39H,8-11,14,16-19H2,1-5H3,(H,40,41,42)/t21?,22-,23-/m1/s1. The van der Waals surface area contributed by atoms with Gasteiger partial charge in [-0.3, -0.25) is 9.80 Å². The molecule has 1 aromatic carbocycles. The molecule has 0 saturated carbocycles. The largest absolute Gasteiger partial charge is 0.393 e. The normalized spacial score (nSPS) is 21.2. The van der Waals surface area contributed by atoms with E-state index in [9.17, 15) is 26.9 Å². The number of nitrogens with one attached hydrogen (secondary N) is 2. The third-order valence-electron chi connectivity index (χ3n) is 10.1. The summed E-state index contributed by atoms with van der Waals surface area (Å²) in [5.74, 6) is 0.583. The zero-order chi connectivity index (χ0) is 36.0. The molecule has 5 heterocycles. The number of halogens is 3. The second-order valence-corrected chi connectivity index (χ2v) is 16.6. The molecule has 4 aromatic rings. The van der Waals surface area contributed by atoms with Crippen LogP contribution in [0, 0.1) is 18.3 Å². The lowest BCUT2D eigenvalue weighted by molar-refractivity contribution is -0.126. The number of thiophene rings is 1. The molecule has 11 nitrogen and oxygen atoms in total. The Morgan fingerprint density at radius 1 is 1.10 bits per heavy atom. The Labute approximate surface area is 295 Å². The van der Waals surface area contributed by atoms with E-state index in [-0.39, 0.29) is 29.0 Å². The van der Waals surface area contributed by atoms with E-state index in [1.807, 2.05) is 19.9 Å². The molecule has 270 valence electrons. The molecule has 16 heteroatoms. The van der Waals surface area contributed by atoms with Gasteiger partial charge in [-0.25, -0.2) is 14.7 Å². The SMILES string of the molecule is CNS(=O)(=O)N1[C@H](C)CN(C(C)Cn2c(C#N)cc3c(C)c(CN4CCC(Nc5ncnc6sc(CC(F)(F)F)cc56)CC4)ccc32)C[C@H]1C. The van der Waals surface area contributed by atoms with Crippen molar-refractivity contribution in [2.24, 2.45) is 0 Å². The minimum Gasteiger partial charge on any atom is -0.367 e. The van der Waals surface area contributed by atoms with E-state index in [1.54, 1.807) is 10.4 Å². The van der Waals surface area contributed by atoms with Gasteiger partial charge in [0.2, 0.25) is 0 Å². The zero-order valence-electron chi connectivity index (χ0n) is 29.0. The van der Waals surface area contributed by atoms with Crippen LogP contribution in [0.2, 0.25) is 0 Å². The molecule has 2 saturated heterocycles. The highest BCUT2D eigenvalue weighted by molar-refractivity contribution is 7.87. The molecule has 6 rings (SSSR count). The predicted molar refractivity (Wildman–Crippen MR) is 190 cm³/mol. The number of nitrogens with zero attached hydrogens (tertiary/aromatic N) is 7. The van der Waals surface area contributed by atoms with Crippen LogP contribution in [0.4, 0.5) is 19.0 Å². The van der Waals surface area contributed by atoms with Gasteiger partial charge in [-0.15, -0.1) is 11.3 Å². The van der Waals surface area contributed by atoms with Gasteiger partial charge in [0.25, 0.3) is 10.2 Å². The molecule has 0 spiro atoms. The number of piperidine rings is 1. The van der Waals surface area contributed by atoms with Crippen LogP contribution in [0.3, 0.4) is 0 Å². The molecule has 3 aromatic heterocycles. The third kappa shape index (κ3) is 7.63. The maximum absolute atomic E-state index is 13.0. The van der Waals surface area contributed by atoms with Crippen LogP contribution in [0.1, 0.15) is 55.3 Å². The first kappa shape index (κ1) is 36.5. The Kier molecular flexibility index (Phi) is 10.5. The number of benzene rings is 1. The van der Waals surface area contributed by atoms with Gasteiger partial charge in [-0.2, -0.15) is 31.2 Å². The highest BCUT2D eigenvalue weighted by Crippen LogP contribution is 2.34. The van der Waals surface area contributed by atoms with E-state index in [4.69, 9.17) is 0 Å². The number of nitriles is 1.